The highest BCUT2D eigenvalue weighted by Crippen LogP contribution is 2.23. The lowest BCUT2D eigenvalue weighted by Gasteiger charge is -2.13. The predicted octanol–water partition coefficient (Wildman–Crippen LogP) is 3.00. The Morgan fingerprint density at radius 1 is 1.11 bits per heavy atom. The summed E-state index contributed by atoms with van der Waals surface area (Å²) < 4.78 is 30.4. The number of ether oxygens (including phenoxy) is 1. The number of carbonyl (C=O) groups is 2. The van der Waals surface area contributed by atoms with E-state index < -0.39 is 28.5 Å². The Bertz CT molecular complexity index is 1020. The fourth-order valence-electron chi connectivity index (χ4n) is 2.38. The van der Waals surface area contributed by atoms with E-state index in [1.165, 1.54) is 26.2 Å². The van der Waals surface area contributed by atoms with Crippen LogP contribution in [0.3, 0.4) is 0 Å². The summed E-state index contributed by atoms with van der Waals surface area (Å²) in [5, 5.41) is 2.68. The molecule has 150 valence electrons. The van der Waals surface area contributed by atoms with Crippen molar-refractivity contribution in [2.45, 2.75) is 18.7 Å². The third kappa shape index (κ3) is 5.09. The lowest BCUT2D eigenvalue weighted by molar-refractivity contribution is -0.119. The quantitative estimate of drug-likeness (QED) is 0.719. The Kier molecular flexibility index (Phi) is 6.82. The largest absolute Gasteiger partial charge is 0.452 e. The molecular weight excluding hydrogens is 404 g/mol. The van der Waals surface area contributed by atoms with Crippen molar-refractivity contribution in [3.05, 3.63) is 58.1 Å². The number of nitrogens with one attached hydrogen (secondary N) is 1. The number of hydrogen-bond acceptors (Lipinski definition) is 5. The van der Waals surface area contributed by atoms with Crippen LogP contribution >= 0.6 is 11.6 Å². The standard InChI is InChI=1S/C19H21ClN2O5S/c1-12-5-8-17(13(2)9-12)21-18(23)11-27-19(24)15-10-14(6-7-16(15)20)28(25,26)22(3)4/h5-10H,11H2,1-4H3,(H,21,23). The third-order valence-electron chi connectivity index (χ3n) is 3.93. The van der Waals surface area contributed by atoms with Gasteiger partial charge in [-0.25, -0.2) is 17.5 Å². The number of amides is 1. The number of halogens is 1. The highest BCUT2D eigenvalue weighted by atomic mass is 35.5. The van der Waals surface area contributed by atoms with E-state index in [0.29, 0.717) is 5.69 Å². The van der Waals surface area contributed by atoms with Gasteiger partial charge in [-0.05, 0) is 43.7 Å². The molecule has 0 bridgehead atoms. The van der Waals surface area contributed by atoms with Crippen LogP contribution in [0.5, 0.6) is 0 Å². The van der Waals surface area contributed by atoms with Crippen LogP contribution in [0.4, 0.5) is 5.69 Å². The lowest BCUT2D eigenvalue weighted by Crippen LogP contribution is -2.23. The van der Waals surface area contributed by atoms with Crippen LogP contribution in [-0.4, -0.2) is 45.3 Å². The van der Waals surface area contributed by atoms with Crippen molar-refractivity contribution >= 4 is 39.2 Å². The zero-order valence-electron chi connectivity index (χ0n) is 15.9. The number of sulfonamides is 1. The predicted molar refractivity (Wildman–Crippen MR) is 107 cm³/mol. The molecule has 0 saturated heterocycles. The molecule has 2 rings (SSSR count). The Morgan fingerprint density at radius 3 is 2.39 bits per heavy atom. The number of hydrogen-bond donors (Lipinski definition) is 1. The molecule has 0 unspecified atom stereocenters. The molecular formula is C19H21ClN2O5S. The van der Waals surface area contributed by atoms with Gasteiger partial charge in [0, 0.05) is 19.8 Å². The Labute approximate surface area is 169 Å². The van der Waals surface area contributed by atoms with E-state index in [2.05, 4.69) is 5.32 Å². The summed E-state index contributed by atoms with van der Waals surface area (Å²) >= 11 is 5.99. The molecule has 0 spiro atoms. The second-order valence-corrected chi connectivity index (χ2v) is 8.93. The van der Waals surface area contributed by atoms with Crippen LogP contribution in [0.1, 0.15) is 21.5 Å². The van der Waals surface area contributed by atoms with E-state index in [9.17, 15) is 18.0 Å². The summed E-state index contributed by atoms with van der Waals surface area (Å²) in [6.07, 6.45) is 0. The number of rotatable bonds is 6. The van der Waals surface area contributed by atoms with Crippen molar-refractivity contribution in [1.29, 1.82) is 0 Å². The molecule has 0 fully saturated rings. The van der Waals surface area contributed by atoms with E-state index in [-0.39, 0.29) is 15.5 Å². The molecule has 2 aromatic carbocycles. The summed E-state index contributed by atoms with van der Waals surface area (Å²) in [6.45, 7) is 3.26. The third-order valence-corrected chi connectivity index (χ3v) is 6.07. The lowest BCUT2D eigenvalue weighted by atomic mass is 10.1. The molecule has 0 saturated carbocycles. The van der Waals surface area contributed by atoms with Gasteiger partial charge >= 0.3 is 5.97 Å². The highest BCUT2D eigenvalue weighted by molar-refractivity contribution is 7.89. The Hall–Kier alpha value is -2.42. The number of nitrogens with zero attached hydrogens (tertiary/aromatic N) is 1. The molecule has 0 aliphatic heterocycles. The minimum atomic E-state index is -3.74. The van der Waals surface area contributed by atoms with Crippen molar-refractivity contribution in [3.63, 3.8) is 0 Å². The van der Waals surface area contributed by atoms with Crippen molar-refractivity contribution in [2.75, 3.05) is 26.0 Å². The maximum Gasteiger partial charge on any atom is 0.340 e. The van der Waals surface area contributed by atoms with Crippen molar-refractivity contribution < 1.29 is 22.7 Å². The van der Waals surface area contributed by atoms with Gasteiger partial charge in [-0.2, -0.15) is 0 Å². The van der Waals surface area contributed by atoms with Crippen molar-refractivity contribution in [3.8, 4) is 0 Å². The van der Waals surface area contributed by atoms with Gasteiger partial charge < -0.3 is 10.1 Å². The maximum atomic E-state index is 12.3. The van der Waals surface area contributed by atoms with E-state index in [1.807, 2.05) is 26.0 Å². The summed E-state index contributed by atoms with van der Waals surface area (Å²) in [5.74, 6) is -1.41. The van der Waals surface area contributed by atoms with Gasteiger partial charge in [-0.15, -0.1) is 0 Å². The van der Waals surface area contributed by atoms with Crippen LogP contribution in [0.2, 0.25) is 5.02 Å². The summed E-state index contributed by atoms with van der Waals surface area (Å²) in [6, 6.07) is 9.24. The smallest absolute Gasteiger partial charge is 0.340 e. The first kappa shape index (κ1) is 21.9. The van der Waals surface area contributed by atoms with E-state index in [0.717, 1.165) is 21.5 Å². The van der Waals surface area contributed by atoms with E-state index in [1.54, 1.807) is 6.07 Å². The molecule has 7 nitrogen and oxygen atoms in total. The SMILES string of the molecule is Cc1ccc(NC(=O)COC(=O)c2cc(S(=O)(=O)N(C)C)ccc2Cl)c(C)c1. The van der Waals surface area contributed by atoms with Gasteiger partial charge in [0.15, 0.2) is 6.61 Å². The zero-order chi connectivity index (χ0) is 21.1. The Balaban J connectivity index is 2.09. The number of aryl methyl sites for hydroxylation is 2. The molecule has 0 aromatic heterocycles. The average molecular weight is 425 g/mol. The minimum absolute atomic E-state index is 0.0255. The zero-order valence-corrected chi connectivity index (χ0v) is 17.5. The monoisotopic (exact) mass is 424 g/mol. The van der Waals surface area contributed by atoms with Crippen LogP contribution in [0, 0.1) is 13.8 Å². The van der Waals surface area contributed by atoms with E-state index in [4.69, 9.17) is 16.3 Å². The van der Waals surface area contributed by atoms with Gasteiger partial charge in [0.05, 0.1) is 15.5 Å². The molecule has 2 aromatic rings. The van der Waals surface area contributed by atoms with Gasteiger partial charge in [0.2, 0.25) is 10.0 Å². The second-order valence-electron chi connectivity index (χ2n) is 6.37. The number of carbonyl (C=O) groups excluding carboxylic acids is 2. The molecule has 9 heteroatoms. The molecule has 1 N–H and O–H groups in total. The van der Waals surface area contributed by atoms with Crippen molar-refractivity contribution in [2.24, 2.45) is 0 Å². The number of esters is 1. The molecule has 1 amide bonds. The molecule has 0 radical (unpaired) electrons. The van der Waals surface area contributed by atoms with Crippen LogP contribution in [0.15, 0.2) is 41.3 Å². The summed E-state index contributed by atoms with van der Waals surface area (Å²) in [5.41, 5.74) is 2.42. The van der Waals surface area contributed by atoms with Gasteiger partial charge in [-0.1, -0.05) is 29.3 Å². The van der Waals surface area contributed by atoms with Gasteiger partial charge in [-0.3, -0.25) is 4.79 Å². The van der Waals surface area contributed by atoms with E-state index >= 15 is 0 Å². The normalized spacial score (nSPS) is 11.4. The molecule has 0 atom stereocenters. The molecule has 0 aliphatic rings. The first-order valence-corrected chi connectivity index (χ1v) is 10.1. The summed E-state index contributed by atoms with van der Waals surface area (Å²) in [7, 11) is -0.994. The number of anilines is 1. The van der Waals surface area contributed by atoms with Gasteiger partial charge in [0.1, 0.15) is 0 Å². The minimum Gasteiger partial charge on any atom is -0.452 e. The topological polar surface area (TPSA) is 92.8 Å². The van der Waals surface area contributed by atoms with Crippen LogP contribution < -0.4 is 5.32 Å². The molecule has 0 heterocycles. The van der Waals surface area contributed by atoms with Gasteiger partial charge in [0.25, 0.3) is 5.91 Å². The molecule has 28 heavy (non-hydrogen) atoms. The second kappa shape index (κ2) is 8.72. The first-order chi connectivity index (χ1) is 13.0. The van der Waals surface area contributed by atoms with Crippen LogP contribution in [0.25, 0.3) is 0 Å². The van der Waals surface area contributed by atoms with Crippen molar-refractivity contribution in [1.82, 2.24) is 4.31 Å². The van der Waals surface area contributed by atoms with Crippen LogP contribution in [-0.2, 0) is 19.6 Å². The highest BCUT2D eigenvalue weighted by Gasteiger charge is 2.22. The number of benzene rings is 2. The fraction of sp³-hybridized carbons (Fsp3) is 0.263. The fourth-order valence-corrected chi connectivity index (χ4v) is 3.50. The summed E-state index contributed by atoms with van der Waals surface area (Å²) in [4.78, 5) is 24.2. The average Bonchev–Trinajstić information content (AvgIpc) is 2.62. The first-order valence-electron chi connectivity index (χ1n) is 8.28. The maximum absolute atomic E-state index is 12.3. The Morgan fingerprint density at radius 2 is 1.79 bits per heavy atom. The molecule has 0 aliphatic carbocycles.